The molecule has 1 aromatic heterocycles. The Morgan fingerprint density at radius 1 is 1.15 bits per heavy atom. The molecule has 0 saturated heterocycles. The van der Waals surface area contributed by atoms with E-state index in [1.165, 1.54) is 0 Å². The molecule has 1 aliphatic heterocycles. The Balaban J connectivity index is 2.64. The van der Waals surface area contributed by atoms with Crippen molar-refractivity contribution in [1.29, 1.82) is 0 Å². The van der Waals surface area contributed by atoms with Crippen LogP contribution < -0.4 is 8.37 Å². The van der Waals surface area contributed by atoms with Crippen LogP contribution in [0.5, 0.6) is 11.6 Å². The molecule has 0 atom stereocenters. The van der Waals surface area contributed by atoms with E-state index in [1.54, 1.807) is 0 Å². The molecule has 0 radical (unpaired) electrons. The van der Waals surface area contributed by atoms with E-state index in [4.69, 9.17) is 0 Å². The van der Waals surface area contributed by atoms with Crippen molar-refractivity contribution in [2.45, 2.75) is 0 Å². The van der Waals surface area contributed by atoms with Crippen LogP contribution in [0.15, 0.2) is 9.34 Å². The first-order valence-corrected chi connectivity index (χ1v) is 5.77. The van der Waals surface area contributed by atoms with Gasteiger partial charge in [-0.3, -0.25) is 0 Å². The first-order valence-electron chi connectivity index (χ1n) is 2.85. The van der Waals surface area contributed by atoms with Gasteiger partial charge in [-0.15, -0.1) is 8.42 Å². The molecular weight excluding hydrogens is 332 g/mol. The topological polar surface area (TPSA) is 78.4 Å². The van der Waals surface area contributed by atoms with Crippen molar-refractivity contribution in [3.63, 3.8) is 0 Å². The van der Waals surface area contributed by atoms with Gasteiger partial charge in [0.25, 0.3) is 5.88 Å². The Bertz CT molecular complexity index is 473. The predicted molar refractivity (Wildman–Crippen MR) is 47.6 cm³/mol. The van der Waals surface area contributed by atoms with Crippen LogP contribution >= 0.6 is 31.9 Å². The summed E-state index contributed by atoms with van der Waals surface area (Å²) in [4.78, 5) is 7.42. The molecule has 0 unspecified atom stereocenters. The number of halogens is 2. The van der Waals surface area contributed by atoms with Gasteiger partial charge in [0.05, 0.1) is 0 Å². The minimum Gasteiger partial charge on any atom is -0.344 e. The first kappa shape index (κ1) is 9.16. The van der Waals surface area contributed by atoms with Crippen LogP contribution in [-0.4, -0.2) is 18.4 Å². The minimum atomic E-state index is -4.00. The van der Waals surface area contributed by atoms with Crippen molar-refractivity contribution >= 4 is 42.3 Å². The van der Waals surface area contributed by atoms with Gasteiger partial charge in [0, 0.05) is 0 Å². The van der Waals surface area contributed by atoms with E-state index in [2.05, 4.69) is 50.2 Å². The molecular formula is C4Br2N2O4S. The Kier molecular flexibility index (Phi) is 1.96. The fraction of sp³-hybridized carbons (Fsp3) is 0. The van der Waals surface area contributed by atoms with Crippen molar-refractivity contribution in [3.05, 3.63) is 9.34 Å². The van der Waals surface area contributed by atoms with E-state index in [-0.39, 0.29) is 21.0 Å². The van der Waals surface area contributed by atoms with Crippen molar-refractivity contribution in [2.24, 2.45) is 0 Å². The van der Waals surface area contributed by atoms with Crippen molar-refractivity contribution in [1.82, 2.24) is 9.97 Å². The summed E-state index contributed by atoms with van der Waals surface area (Å²) in [6, 6.07) is 0. The van der Waals surface area contributed by atoms with Crippen LogP contribution in [0, 0.1) is 0 Å². The van der Waals surface area contributed by atoms with Gasteiger partial charge in [0.2, 0.25) is 10.5 Å². The van der Waals surface area contributed by atoms with E-state index in [0.29, 0.717) is 0 Å². The Morgan fingerprint density at radius 2 is 1.85 bits per heavy atom. The van der Waals surface area contributed by atoms with Gasteiger partial charge in [0.1, 0.15) is 0 Å². The number of nitrogens with zero attached hydrogens (tertiary/aromatic N) is 2. The second kappa shape index (κ2) is 2.79. The molecule has 0 spiro atoms. The van der Waals surface area contributed by atoms with Gasteiger partial charge in [-0.2, -0.15) is 4.98 Å². The highest BCUT2D eigenvalue weighted by Gasteiger charge is 2.33. The van der Waals surface area contributed by atoms with Crippen LogP contribution in [0.1, 0.15) is 0 Å². The van der Waals surface area contributed by atoms with Crippen LogP contribution in [0.3, 0.4) is 0 Å². The molecule has 0 amide bonds. The van der Waals surface area contributed by atoms with Crippen LogP contribution in [0.4, 0.5) is 0 Å². The summed E-state index contributed by atoms with van der Waals surface area (Å²) in [6.07, 6.45) is 0. The summed E-state index contributed by atoms with van der Waals surface area (Å²) in [7, 11) is -4.00. The molecule has 70 valence electrons. The molecule has 1 aliphatic rings. The average Bonchev–Trinajstić information content (AvgIpc) is 2.23. The van der Waals surface area contributed by atoms with Crippen LogP contribution in [0.2, 0.25) is 0 Å². The van der Waals surface area contributed by atoms with Crippen LogP contribution in [-0.2, 0) is 10.4 Å². The first-order chi connectivity index (χ1) is 5.98. The standard InChI is InChI=1S/C4Br2N2O4S/c5-2-1-3(8-4(6)7-2)12-13(9,10)11-1. The molecule has 0 fully saturated rings. The summed E-state index contributed by atoms with van der Waals surface area (Å²) in [6.45, 7) is 0. The lowest BCUT2D eigenvalue weighted by Crippen LogP contribution is -2.08. The molecule has 9 heteroatoms. The Labute approximate surface area is 89.9 Å². The van der Waals surface area contributed by atoms with Gasteiger partial charge in [-0.25, -0.2) is 4.98 Å². The highest BCUT2D eigenvalue weighted by atomic mass is 79.9. The third-order valence-corrected chi connectivity index (χ3v) is 2.76. The normalized spacial score (nSPS) is 17.4. The average molecular weight is 332 g/mol. The summed E-state index contributed by atoms with van der Waals surface area (Å²) < 4.78 is 30.9. The second-order valence-corrected chi connectivity index (χ2v) is 4.60. The summed E-state index contributed by atoms with van der Waals surface area (Å²) in [5, 5.41) is 0. The lowest BCUT2D eigenvalue weighted by Gasteiger charge is -1.94. The molecule has 13 heavy (non-hydrogen) atoms. The zero-order valence-corrected chi connectivity index (χ0v) is 9.68. The van der Waals surface area contributed by atoms with Crippen molar-refractivity contribution in [2.75, 3.05) is 0 Å². The second-order valence-electron chi connectivity index (χ2n) is 1.99. The molecule has 0 N–H and O–H groups in total. The molecule has 0 aromatic carbocycles. The van der Waals surface area contributed by atoms with E-state index in [1.807, 2.05) is 0 Å². The minimum absolute atomic E-state index is 0.0387. The third-order valence-electron chi connectivity index (χ3n) is 1.13. The number of rotatable bonds is 0. The molecule has 1 aromatic rings. The molecule has 0 saturated carbocycles. The lowest BCUT2D eigenvalue weighted by molar-refractivity contribution is 0.433. The molecule has 0 aliphatic carbocycles. The fourth-order valence-corrected chi connectivity index (χ4v) is 2.52. The highest BCUT2D eigenvalue weighted by molar-refractivity contribution is 9.11. The molecule has 0 bridgehead atoms. The monoisotopic (exact) mass is 330 g/mol. The maximum Gasteiger partial charge on any atom is 0.502 e. The van der Waals surface area contributed by atoms with Gasteiger partial charge in [0.15, 0.2) is 4.60 Å². The van der Waals surface area contributed by atoms with Gasteiger partial charge < -0.3 is 8.37 Å². The molecule has 2 rings (SSSR count). The van der Waals surface area contributed by atoms with E-state index < -0.39 is 10.4 Å². The maximum absolute atomic E-state index is 10.8. The van der Waals surface area contributed by atoms with E-state index >= 15 is 0 Å². The molecule has 2 heterocycles. The summed E-state index contributed by atoms with van der Waals surface area (Å²) in [5.41, 5.74) is 0. The SMILES string of the molecule is O=S1(=O)Oc2nc(Br)nc(Br)c2O1. The third kappa shape index (κ3) is 1.63. The number of hydrogen-bond acceptors (Lipinski definition) is 6. The Morgan fingerprint density at radius 3 is 2.54 bits per heavy atom. The van der Waals surface area contributed by atoms with E-state index in [0.717, 1.165) is 0 Å². The predicted octanol–water partition coefficient (Wildman–Crippen LogP) is 1.02. The van der Waals surface area contributed by atoms with E-state index in [9.17, 15) is 8.42 Å². The van der Waals surface area contributed by atoms with Crippen LogP contribution in [0.25, 0.3) is 0 Å². The Hall–Kier alpha value is -0.410. The van der Waals surface area contributed by atoms with Crippen molar-refractivity contribution < 1.29 is 16.8 Å². The molecule has 6 nitrogen and oxygen atoms in total. The number of hydrogen-bond donors (Lipinski definition) is 0. The van der Waals surface area contributed by atoms with Gasteiger partial charge in [-0.1, -0.05) is 0 Å². The lowest BCUT2D eigenvalue weighted by atomic mass is 10.6. The van der Waals surface area contributed by atoms with Crippen molar-refractivity contribution in [3.8, 4) is 11.6 Å². The highest BCUT2D eigenvalue weighted by Crippen LogP contribution is 2.39. The van der Waals surface area contributed by atoms with Gasteiger partial charge >= 0.3 is 10.4 Å². The maximum atomic E-state index is 10.8. The van der Waals surface area contributed by atoms with Gasteiger partial charge in [-0.05, 0) is 31.9 Å². The summed E-state index contributed by atoms with van der Waals surface area (Å²) in [5.74, 6) is -0.169. The summed E-state index contributed by atoms with van der Waals surface area (Å²) >= 11 is 5.97. The number of fused-ring (bicyclic) bond motifs is 1. The smallest absolute Gasteiger partial charge is 0.344 e. The number of aromatic nitrogens is 2. The zero-order valence-electron chi connectivity index (χ0n) is 5.69. The fourth-order valence-electron chi connectivity index (χ4n) is 0.722. The quantitative estimate of drug-likeness (QED) is 0.521. The largest absolute Gasteiger partial charge is 0.502 e. The zero-order chi connectivity index (χ0) is 9.64.